The van der Waals surface area contributed by atoms with Crippen molar-refractivity contribution < 1.29 is 24.2 Å². The normalized spacial score (nSPS) is 10.5. The maximum absolute atomic E-state index is 11.1. The van der Waals surface area contributed by atoms with Crippen LogP contribution in [0.4, 0.5) is 11.5 Å². The van der Waals surface area contributed by atoms with Crippen LogP contribution in [0.1, 0.15) is 31.2 Å². The van der Waals surface area contributed by atoms with E-state index in [1.165, 1.54) is 6.33 Å². The highest BCUT2D eigenvalue weighted by atomic mass is 16.5. The van der Waals surface area contributed by atoms with Crippen molar-refractivity contribution in [3.63, 3.8) is 0 Å². The Balaban J connectivity index is 1.79. The Bertz CT molecular complexity index is 1150. The smallest absolute Gasteiger partial charge is 0.243 e. The van der Waals surface area contributed by atoms with Crippen molar-refractivity contribution in [1.82, 2.24) is 15.4 Å². The Labute approximate surface area is 198 Å². The molecule has 34 heavy (non-hydrogen) atoms. The third kappa shape index (κ3) is 7.07. The van der Waals surface area contributed by atoms with Gasteiger partial charge in [0.25, 0.3) is 0 Å². The van der Waals surface area contributed by atoms with Gasteiger partial charge in [-0.3, -0.25) is 10.0 Å². The number of rotatable bonds is 13. The number of amides is 1. The number of hydrogen-bond acceptors (Lipinski definition) is 8. The summed E-state index contributed by atoms with van der Waals surface area (Å²) in [6.07, 6.45) is 9.44. The molecule has 0 spiro atoms. The molecule has 0 bridgehead atoms. The quantitative estimate of drug-likeness (QED) is 0.151. The summed E-state index contributed by atoms with van der Waals surface area (Å²) in [4.78, 5) is 19.9. The van der Waals surface area contributed by atoms with Gasteiger partial charge in [0.05, 0.1) is 18.7 Å². The van der Waals surface area contributed by atoms with Crippen molar-refractivity contribution in [3.05, 3.63) is 48.3 Å². The van der Waals surface area contributed by atoms with E-state index < -0.39 is 5.91 Å². The number of ether oxygens (including phenoxy) is 3. The van der Waals surface area contributed by atoms with Gasteiger partial charge < -0.3 is 19.5 Å². The van der Waals surface area contributed by atoms with Crippen LogP contribution in [-0.4, -0.2) is 48.0 Å². The molecular formula is C25H28N4O5. The number of fused-ring (bicyclic) bond motifs is 1. The number of aromatic nitrogens is 2. The van der Waals surface area contributed by atoms with Crippen molar-refractivity contribution in [2.45, 2.75) is 25.7 Å². The van der Waals surface area contributed by atoms with E-state index in [1.54, 1.807) is 12.6 Å². The summed E-state index contributed by atoms with van der Waals surface area (Å²) in [6, 6.07) is 11.2. The van der Waals surface area contributed by atoms with E-state index in [0.29, 0.717) is 49.1 Å². The summed E-state index contributed by atoms with van der Waals surface area (Å²) in [5.41, 5.74) is 3.90. The van der Waals surface area contributed by atoms with Crippen LogP contribution in [0.2, 0.25) is 0 Å². The van der Waals surface area contributed by atoms with Gasteiger partial charge in [-0.05, 0) is 43.5 Å². The fourth-order valence-corrected chi connectivity index (χ4v) is 3.25. The third-order valence-corrected chi connectivity index (χ3v) is 4.97. The fourth-order valence-electron chi connectivity index (χ4n) is 3.25. The van der Waals surface area contributed by atoms with Crippen molar-refractivity contribution in [2.75, 3.05) is 32.2 Å². The zero-order valence-corrected chi connectivity index (χ0v) is 19.0. The minimum absolute atomic E-state index is 0.269. The van der Waals surface area contributed by atoms with Crippen LogP contribution in [0.3, 0.4) is 0 Å². The van der Waals surface area contributed by atoms with E-state index >= 15 is 0 Å². The first kappa shape index (κ1) is 24.8. The molecule has 0 atom stereocenters. The van der Waals surface area contributed by atoms with E-state index in [-0.39, 0.29) is 6.42 Å². The lowest BCUT2D eigenvalue weighted by Crippen LogP contribution is -2.17. The maximum Gasteiger partial charge on any atom is 0.243 e. The number of hydroxylamine groups is 1. The molecule has 0 saturated carbocycles. The lowest BCUT2D eigenvalue weighted by Gasteiger charge is -2.15. The van der Waals surface area contributed by atoms with Crippen LogP contribution < -0.4 is 20.3 Å². The molecule has 3 rings (SSSR count). The van der Waals surface area contributed by atoms with Crippen LogP contribution in [0.15, 0.2) is 42.7 Å². The highest BCUT2D eigenvalue weighted by Gasteiger charge is 2.13. The SMILES string of the molecule is C#Cc1cccc(Nc2ncnc3cc(OCCOC)c(OCCCCCC(=O)NO)cc23)c1. The van der Waals surface area contributed by atoms with E-state index in [0.717, 1.165) is 29.5 Å². The molecule has 0 unspecified atom stereocenters. The number of methoxy groups -OCH3 is 1. The molecule has 178 valence electrons. The monoisotopic (exact) mass is 464 g/mol. The largest absolute Gasteiger partial charge is 0.490 e. The molecule has 1 aromatic heterocycles. The molecule has 0 aliphatic rings. The summed E-state index contributed by atoms with van der Waals surface area (Å²) in [6.45, 7) is 1.24. The van der Waals surface area contributed by atoms with Gasteiger partial charge in [0, 0.05) is 36.2 Å². The van der Waals surface area contributed by atoms with Gasteiger partial charge in [-0.1, -0.05) is 12.0 Å². The highest BCUT2D eigenvalue weighted by molar-refractivity contribution is 5.93. The highest BCUT2D eigenvalue weighted by Crippen LogP contribution is 2.35. The van der Waals surface area contributed by atoms with Gasteiger partial charge in [0.2, 0.25) is 5.91 Å². The first-order chi connectivity index (χ1) is 16.6. The first-order valence-electron chi connectivity index (χ1n) is 10.9. The molecule has 2 aromatic carbocycles. The number of hydrogen-bond donors (Lipinski definition) is 3. The number of benzene rings is 2. The van der Waals surface area contributed by atoms with Gasteiger partial charge in [-0.25, -0.2) is 15.4 Å². The zero-order chi connectivity index (χ0) is 24.2. The second-order valence-electron chi connectivity index (χ2n) is 7.42. The summed E-state index contributed by atoms with van der Waals surface area (Å²) in [5, 5.41) is 12.6. The number of unbranched alkanes of at least 4 members (excludes halogenated alkanes) is 2. The Hall–Kier alpha value is -3.87. The van der Waals surface area contributed by atoms with Crippen LogP contribution in [0, 0.1) is 12.3 Å². The molecule has 0 radical (unpaired) electrons. The van der Waals surface area contributed by atoms with Crippen molar-refractivity contribution in [3.8, 4) is 23.8 Å². The lowest BCUT2D eigenvalue weighted by molar-refractivity contribution is -0.129. The van der Waals surface area contributed by atoms with Crippen LogP contribution >= 0.6 is 0 Å². The minimum Gasteiger partial charge on any atom is -0.490 e. The van der Waals surface area contributed by atoms with Gasteiger partial charge in [0.15, 0.2) is 11.5 Å². The molecule has 1 heterocycles. The predicted molar refractivity (Wildman–Crippen MR) is 128 cm³/mol. The summed E-state index contributed by atoms with van der Waals surface area (Å²) in [5.74, 6) is 3.97. The Morgan fingerprint density at radius 2 is 1.88 bits per heavy atom. The molecule has 3 N–H and O–H groups in total. The molecule has 9 nitrogen and oxygen atoms in total. The summed E-state index contributed by atoms with van der Waals surface area (Å²) >= 11 is 0. The molecule has 0 fully saturated rings. The fraction of sp³-hybridized carbons (Fsp3) is 0.320. The Kier molecular flexibility index (Phi) is 9.46. The van der Waals surface area contributed by atoms with Crippen molar-refractivity contribution in [2.24, 2.45) is 0 Å². The summed E-state index contributed by atoms with van der Waals surface area (Å²) < 4.78 is 17.0. The first-order valence-corrected chi connectivity index (χ1v) is 10.9. The summed E-state index contributed by atoms with van der Waals surface area (Å²) in [7, 11) is 1.61. The Morgan fingerprint density at radius 1 is 1.06 bits per heavy atom. The van der Waals surface area contributed by atoms with E-state index in [1.807, 2.05) is 36.4 Å². The third-order valence-electron chi connectivity index (χ3n) is 4.97. The zero-order valence-electron chi connectivity index (χ0n) is 19.0. The average molecular weight is 465 g/mol. The van der Waals surface area contributed by atoms with Gasteiger partial charge >= 0.3 is 0 Å². The second-order valence-corrected chi connectivity index (χ2v) is 7.42. The molecule has 9 heteroatoms. The molecular weight excluding hydrogens is 436 g/mol. The average Bonchev–Trinajstić information content (AvgIpc) is 2.86. The standard InChI is InChI=1S/C25H28N4O5/c1-3-18-8-7-9-19(14-18)28-25-20-15-22(33-11-6-4-5-10-24(30)29-31)23(34-13-12-32-2)16-21(20)26-17-27-25/h1,7-9,14-17,31H,4-6,10-13H2,2H3,(H,29,30)(H,26,27,28). The number of carbonyl (C=O) groups excluding carboxylic acids is 1. The molecule has 3 aromatic rings. The Morgan fingerprint density at radius 3 is 2.68 bits per heavy atom. The van der Waals surface area contributed by atoms with E-state index in [4.69, 9.17) is 25.8 Å². The number of nitrogens with zero attached hydrogens (tertiary/aromatic N) is 2. The number of anilines is 2. The van der Waals surface area contributed by atoms with Crippen molar-refractivity contribution in [1.29, 1.82) is 0 Å². The molecule has 0 aliphatic carbocycles. The van der Waals surface area contributed by atoms with E-state index in [2.05, 4.69) is 21.2 Å². The lowest BCUT2D eigenvalue weighted by atomic mass is 10.1. The van der Waals surface area contributed by atoms with E-state index in [9.17, 15) is 4.79 Å². The molecule has 0 saturated heterocycles. The topological polar surface area (TPSA) is 115 Å². The van der Waals surface area contributed by atoms with Crippen LogP contribution in [0.25, 0.3) is 10.9 Å². The minimum atomic E-state index is -0.392. The van der Waals surface area contributed by atoms with Crippen LogP contribution in [-0.2, 0) is 9.53 Å². The number of carbonyl (C=O) groups is 1. The van der Waals surface area contributed by atoms with Gasteiger partial charge in [0.1, 0.15) is 18.8 Å². The number of terminal acetylenes is 1. The van der Waals surface area contributed by atoms with Gasteiger partial charge in [-0.15, -0.1) is 6.42 Å². The number of nitrogens with one attached hydrogen (secondary N) is 2. The van der Waals surface area contributed by atoms with Crippen molar-refractivity contribution >= 4 is 28.3 Å². The predicted octanol–water partition coefficient (Wildman–Crippen LogP) is 3.82. The van der Waals surface area contributed by atoms with Gasteiger partial charge in [-0.2, -0.15) is 0 Å². The second kappa shape index (κ2) is 13.0. The van der Waals surface area contributed by atoms with Crippen LogP contribution in [0.5, 0.6) is 11.5 Å². The molecule has 0 aliphatic heterocycles. The molecule has 1 amide bonds. The maximum atomic E-state index is 11.1.